The number of hydrogen-bond acceptors (Lipinski definition) is 4. The Bertz CT molecular complexity index is 405. The van der Waals surface area contributed by atoms with E-state index in [1.165, 1.54) is 7.11 Å². The molecule has 0 heterocycles. The molecule has 1 rings (SSSR count). The number of carbonyl (C=O) groups excluding carboxylic acids is 2. The minimum atomic E-state index is -0.475. The van der Waals surface area contributed by atoms with Crippen molar-refractivity contribution in [2.24, 2.45) is 0 Å². The summed E-state index contributed by atoms with van der Waals surface area (Å²) in [6, 6.07) is 7.31. The summed E-state index contributed by atoms with van der Waals surface area (Å²) in [5.41, 5.74) is 0. The molecular weight excluding hydrogens is 302 g/mol. The molecule has 98 valence electrons. The molecule has 0 saturated carbocycles. The van der Waals surface area contributed by atoms with Gasteiger partial charge in [-0.05, 0) is 24.3 Å². The third-order valence-electron chi connectivity index (χ3n) is 2.07. The number of ether oxygens (including phenoxy) is 2. The van der Waals surface area contributed by atoms with E-state index in [-0.39, 0.29) is 25.5 Å². The smallest absolute Gasteiger partial charge is 0.325 e. The molecule has 0 saturated heterocycles. The van der Waals surface area contributed by atoms with Gasteiger partial charge < -0.3 is 14.8 Å². The predicted octanol–water partition coefficient (Wildman–Crippen LogP) is 1.51. The van der Waals surface area contributed by atoms with E-state index in [0.29, 0.717) is 5.75 Å². The Kier molecular flexibility index (Phi) is 6.21. The predicted molar refractivity (Wildman–Crippen MR) is 69.3 cm³/mol. The Hall–Kier alpha value is -1.56. The highest BCUT2D eigenvalue weighted by atomic mass is 79.9. The second-order valence-corrected chi connectivity index (χ2v) is 4.32. The molecule has 1 aromatic rings. The number of hydrogen-bond donors (Lipinski definition) is 1. The summed E-state index contributed by atoms with van der Waals surface area (Å²) in [7, 11) is 1.27. The average Bonchev–Trinajstić information content (AvgIpc) is 2.38. The third kappa shape index (κ3) is 5.67. The molecule has 0 aliphatic rings. The van der Waals surface area contributed by atoms with Crippen molar-refractivity contribution in [2.45, 2.75) is 6.42 Å². The molecule has 0 aliphatic heterocycles. The Morgan fingerprint density at radius 1 is 1.28 bits per heavy atom. The maximum atomic E-state index is 11.3. The molecule has 1 aromatic carbocycles. The number of carbonyl (C=O) groups is 2. The van der Waals surface area contributed by atoms with Crippen LogP contribution in [0.25, 0.3) is 0 Å². The van der Waals surface area contributed by atoms with Crippen LogP contribution in [0.1, 0.15) is 6.42 Å². The number of rotatable bonds is 6. The fourth-order valence-corrected chi connectivity index (χ4v) is 1.39. The summed E-state index contributed by atoms with van der Waals surface area (Å²) < 4.78 is 10.7. The summed E-state index contributed by atoms with van der Waals surface area (Å²) in [5, 5.41) is 2.43. The lowest BCUT2D eigenvalue weighted by molar-refractivity contribution is -0.141. The molecule has 0 radical (unpaired) electrons. The van der Waals surface area contributed by atoms with E-state index in [9.17, 15) is 9.59 Å². The van der Waals surface area contributed by atoms with Crippen LogP contribution in [0.15, 0.2) is 28.7 Å². The lowest BCUT2D eigenvalue weighted by Crippen LogP contribution is -2.30. The van der Waals surface area contributed by atoms with Crippen molar-refractivity contribution < 1.29 is 19.1 Å². The van der Waals surface area contributed by atoms with E-state index < -0.39 is 5.97 Å². The van der Waals surface area contributed by atoms with Gasteiger partial charge in [-0.1, -0.05) is 15.9 Å². The van der Waals surface area contributed by atoms with E-state index in [2.05, 4.69) is 26.0 Å². The van der Waals surface area contributed by atoms with Crippen LogP contribution in [0.4, 0.5) is 0 Å². The van der Waals surface area contributed by atoms with Gasteiger partial charge in [0.15, 0.2) is 0 Å². The van der Waals surface area contributed by atoms with E-state index in [0.717, 1.165) is 4.47 Å². The van der Waals surface area contributed by atoms with Crippen molar-refractivity contribution >= 4 is 27.8 Å². The van der Waals surface area contributed by atoms with Gasteiger partial charge in [0.1, 0.15) is 12.3 Å². The summed E-state index contributed by atoms with van der Waals surface area (Å²) in [6.07, 6.45) is 0.188. The highest BCUT2D eigenvalue weighted by Crippen LogP contribution is 2.15. The molecule has 0 fully saturated rings. The fraction of sp³-hybridized carbons (Fsp3) is 0.333. The van der Waals surface area contributed by atoms with E-state index in [1.807, 2.05) is 12.1 Å². The van der Waals surface area contributed by atoms with Crippen molar-refractivity contribution in [3.05, 3.63) is 28.7 Å². The molecule has 0 bridgehead atoms. The van der Waals surface area contributed by atoms with Crippen LogP contribution in [-0.2, 0) is 14.3 Å². The Balaban J connectivity index is 2.19. The van der Waals surface area contributed by atoms with Gasteiger partial charge in [-0.3, -0.25) is 9.59 Å². The minimum Gasteiger partial charge on any atom is -0.493 e. The van der Waals surface area contributed by atoms with Crippen LogP contribution in [0.3, 0.4) is 0 Å². The number of amides is 1. The zero-order valence-electron chi connectivity index (χ0n) is 9.94. The first-order valence-corrected chi connectivity index (χ1v) is 6.13. The van der Waals surface area contributed by atoms with Gasteiger partial charge in [-0.15, -0.1) is 0 Å². The molecule has 1 N–H and O–H groups in total. The van der Waals surface area contributed by atoms with Crippen molar-refractivity contribution in [2.75, 3.05) is 20.3 Å². The monoisotopic (exact) mass is 315 g/mol. The van der Waals surface area contributed by atoms with Crippen LogP contribution >= 0.6 is 15.9 Å². The largest absolute Gasteiger partial charge is 0.493 e. The number of halogens is 1. The molecule has 0 unspecified atom stereocenters. The number of esters is 1. The molecule has 1 amide bonds. The zero-order valence-corrected chi connectivity index (χ0v) is 11.5. The highest BCUT2D eigenvalue weighted by Gasteiger charge is 2.05. The molecule has 0 spiro atoms. The van der Waals surface area contributed by atoms with Gasteiger partial charge >= 0.3 is 5.97 Å². The van der Waals surface area contributed by atoms with Crippen molar-refractivity contribution in [3.63, 3.8) is 0 Å². The first kappa shape index (κ1) is 14.5. The number of benzene rings is 1. The van der Waals surface area contributed by atoms with E-state index in [4.69, 9.17) is 4.74 Å². The maximum Gasteiger partial charge on any atom is 0.325 e. The Labute approximate surface area is 114 Å². The normalized spacial score (nSPS) is 9.67. The maximum absolute atomic E-state index is 11.3. The van der Waals surface area contributed by atoms with E-state index in [1.54, 1.807) is 12.1 Å². The number of methoxy groups -OCH3 is 1. The SMILES string of the molecule is COC(=O)CNC(=O)CCOc1ccc(Br)cc1. The average molecular weight is 316 g/mol. The fourth-order valence-electron chi connectivity index (χ4n) is 1.12. The van der Waals surface area contributed by atoms with Crippen LogP contribution in [0.2, 0.25) is 0 Å². The second kappa shape index (κ2) is 7.71. The van der Waals surface area contributed by atoms with Gasteiger partial charge in [-0.25, -0.2) is 0 Å². The Morgan fingerprint density at radius 2 is 1.94 bits per heavy atom. The third-order valence-corrected chi connectivity index (χ3v) is 2.60. The minimum absolute atomic E-state index is 0.117. The van der Waals surface area contributed by atoms with Gasteiger partial charge in [-0.2, -0.15) is 0 Å². The van der Waals surface area contributed by atoms with Crippen LogP contribution in [-0.4, -0.2) is 32.1 Å². The molecule has 0 aliphatic carbocycles. The van der Waals surface area contributed by atoms with Gasteiger partial charge in [0, 0.05) is 4.47 Å². The van der Waals surface area contributed by atoms with Gasteiger partial charge in [0.25, 0.3) is 0 Å². The summed E-state index contributed by atoms with van der Waals surface area (Å²) in [6.45, 7) is 0.141. The second-order valence-electron chi connectivity index (χ2n) is 3.41. The molecule has 6 heteroatoms. The highest BCUT2D eigenvalue weighted by molar-refractivity contribution is 9.10. The first-order chi connectivity index (χ1) is 8.61. The standard InChI is InChI=1S/C12H14BrNO4/c1-17-12(16)8-14-11(15)6-7-18-10-4-2-9(13)3-5-10/h2-5H,6-8H2,1H3,(H,14,15). The summed E-state index contributed by atoms with van der Waals surface area (Å²) in [4.78, 5) is 22.1. The lowest BCUT2D eigenvalue weighted by atomic mass is 10.3. The quantitative estimate of drug-likeness (QED) is 0.808. The van der Waals surface area contributed by atoms with Crippen LogP contribution in [0.5, 0.6) is 5.75 Å². The molecule has 0 atom stereocenters. The Morgan fingerprint density at radius 3 is 2.56 bits per heavy atom. The van der Waals surface area contributed by atoms with Crippen molar-refractivity contribution in [1.82, 2.24) is 5.32 Å². The van der Waals surface area contributed by atoms with Gasteiger partial charge in [0.05, 0.1) is 20.1 Å². The molecular formula is C12H14BrNO4. The number of nitrogens with one attached hydrogen (secondary N) is 1. The molecule has 18 heavy (non-hydrogen) atoms. The van der Waals surface area contributed by atoms with Crippen LogP contribution in [0, 0.1) is 0 Å². The summed E-state index contributed by atoms with van der Waals surface area (Å²) in [5.74, 6) is -0.0337. The molecule has 0 aromatic heterocycles. The topological polar surface area (TPSA) is 64.6 Å². The summed E-state index contributed by atoms with van der Waals surface area (Å²) >= 11 is 3.31. The van der Waals surface area contributed by atoms with E-state index >= 15 is 0 Å². The first-order valence-electron chi connectivity index (χ1n) is 5.33. The van der Waals surface area contributed by atoms with Crippen molar-refractivity contribution in [1.29, 1.82) is 0 Å². The van der Waals surface area contributed by atoms with Crippen molar-refractivity contribution in [3.8, 4) is 5.75 Å². The lowest BCUT2D eigenvalue weighted by Gasteiger charge is -2.06. The van der Waals surface area contributed by atoms with Gasteiger partial charge in [0.2, 0.25) is 5.91 Å². The molecule has 5 nitrogen and oxygen atoms in total. The zero-order chi connectivity index (χ0) is 13.4. The van der Waals surface area contributed by atoms with Crippen LogP contribution < -0.4 is 10.1 Å².